The number of carbonyl (C=O) groups is 2. The number of nitrogens with one attached hydrogen (secondary N) is 2. The summed E-state index contributed by atoms with van der Waals surface area (Å²) in [6, 6.07) is 18.3. The molecule has 0 aromatic heterocycles. The number of carbonyl (C=O) groups excluding carboxylic acids is 2. The predicted molar refractivity (Wildman–Crippen MR) is 117 cm³/mol. The molecular formula is C24H20ClFN2O3. The van der Waals surface area contributed by atoms with Gasteiger partial charge in [0.25, 0.3) is 5.91 Å². The zero-order valence-electron chi connectivity index (χ0n) is 16.5. The molecule has 3 aromatic carbocycles. The van der Waals surface area contributed by atoms with E-state index in [1.54, 1.807) is 60.7 Å². The van der Waals surface area contributed by atoms with E-state index in [2.05, 4.69) is 10.6 Å². The molecule has 1 aliphatic heterocycles. The quantitative estimate of drug-likeness (QED) is 0.611. The molecule has 158 valence electrons. The van der Waals surface area contributed by atoms with Crippen molar-refractivity contribution in [1.29, 1.82) is 0 Å². The largest absolute Gasteiger partial charge is 0.492 e. The Hall–Kier alpha value is -3.38. The second-order valence-corrected chi connectivity index (χ2v) is 7.74. The van der Waals surface area contributed by atoms with Crippen LogP contribution in [0.1, 0.15) is 21.5 Å². The normalized spacial score (nSPS) is 14.8. The SMILES string of the molecule is O=C(Nc1ccc2c(c1)C[C@H](C(=O)NCc1ccccc1F)CO2)c1ccc(Cl)cc1. The van der Waals surface area contributed by atoms with Crippen LogP contribution in [0.15, 0.2) is 66.7 Å². The van der Waals surface area contributed by atoms with E-state index in [1.165, 1.54) is 6.07 Å². The molecular weight excluding hydrogens is 419 g/mol. The van der Waals surface area contributed by atoms with Gasteiger partial charge in [0.1, 0.15) is 18.2 Å². The summed E-state index contributed by atoms with van der Waals surface area (Å²) in [7, 11) is 0. The molecule has 0 bridgehead atoms. The molecule has 0 aliphatic carbocycles. The highest BCUT2D eigenvalue weighted by Crippen LogP contribution is 2.30. The molecule has 3 aromatic rings. The molecule has 0 saturated carbocycles. The number of anilines is 1. The first-order valence-corrected chi connectivity index (χ1v) is 10.2. The summed E-state index contributed by atoms with van der Waals surface area (Å²) in [5.41, 5.74) is 2.35. The fraction of sp³-hybridized carbons (Fsp3) is 0.167. The Kier molecular flexibility index (Phi) is 6.18. The maximum atomic E-state index is 13.8. The second-order valence-electron chi connectivity index (χ2n) is 7.30. The first-order valence-electron chi connectivity index (χ1n) is 9.83. The van der Waals surface area contributed by atoms with Gasteiger partial charge < -0.3 is 15.4 Å². The summed E-state index contributed by atoms with van der Waals surface area (Å²) in [5, 5.41) is 6.18. The standard InChI is InChI=1S/C24H20ClFN2O3/c25-19-7-5-15(6-8-19)24(30)28-20-9-10-22-17(12-20)11-18(14-31-22)23(29)27-13-16-3-1-2-4-21(16)26/h1-10,12,18H,11,13-14H2,(H,27,29)(H,28,30)/t18-/m0/s1. The zero-order valence-corrected chi connectivity index (χ0v) is 17.3. The minimum Gasteiger partial charge on any atom is -0.492 e. The van der Waals surface area contributed by atoms with Crippen molar-refractivity contribution in [1.82, 2.24) is 5.32 Å². The Morgan fingerprint density at radius 2 is 1.84 bits per heavy atom. The van der Waals surface area contributed by atoms with Gasteiger partial charge in [-0.15, -0.1) is 0 Å². The highest BCUT2D eigenvalue weighted by molar-refractivity contribution is 6.30. The monoisotopic (exact) mass is 438 g/mol. The fourth-order valence-electron chi connectivity index (χ4n) is 3.41. The summed E-state index contributed by atoms with van der Waals surface area (Å²) in [6.07, 6.45) is 0.461. The highest BCUT2D eigenvalue weighted by atomic mass is 35.5. The lowest BCUT2D eigenvalue weighted by atomic mass is 9.95. The van der Waals surface area contributed by atoms with Gasteiger partial charge in [0.15, 0.2) is 0 Å². The van der Waals surface area contributed by atoms with Crippen molar-refractivity contribution >= 4 is 29.1 Å². The van der Waals surface area contributed by atoms with Crippen molar-refractivity contribution in [2.45, 2.75) is 13.0 Å². The lowest BCUT2D eigenvalue weighted by Gasteiger charge is -2.25. The maximum absolute atomic E-state index is 13.8. The number of halogens is 2. The molecule has 0 unspecified atom stereocenters. The first-order chi connectivity index (χ1) is 15.0. The van der Waals surface area contributed by atoms with Gasteiger partial charge in [-0.3, -0.25) is 9.59 Å². The molecule has 31 heavy (non-hydrogen) atoms. The van der Waals surface area contributed by atoms with Crippen LogP contribution < -0.4 is 15.4 Å². The molecule has 0 spiro atoms. The Morgan fingerprint density at radius 1 is 1.06 bits per heavy atom. The number of rotatable bonds is 5. The van der Waals surface area contributed by atoms with Crippen molar-refractivity contribution in [2.75, 3.05) is 11.9 Å². The molecule has 0 saturated heterocycles. The van der Waals surface area contributed by atoms with Crippen LogP contribution in [0.4, 0.5) is 10.1 Å². The third kappa shape index (κ3) is 5.03. The van der Waals surface area contributed by atoms with Crippen molar-refractivity contribution in [3.05, 3.63) is 94.3 Å². The Labute approximate surface area is 184 Å². The zero-order chi connectivity index (χ0) is 21.8. The molecule has 1 heterocycles. The average molecular weight is 439 g/mol. The lowest BCUT2D eigenvalue weighted by molar-refractivity contribution is -0.126. The summed E-state index contributed by atoms with van der Waals surface area (Å²) >= 11 is 5.86. The smallest absolute Gasteiger partial charge is 0.255 e. The van der Waals surface area contributed by atoms with E-state index in [-0.39, 0.29) is 30.8 Å². The number of hydrogen-bond acceptors (Lipinski definition) is 3. The number of hydrogen-bond donors (Lipinski definition) is 2. The van der Waals surface area contributed by atoms with Gasteiger partial charge in [0, 0.05) is 28.4 Å². The molecule has 2 amide bonds. The summed E-state index contributed by atoms with van der Waals surface area (Å²) in [4.78, 5) is 25.0. The molecule has 5 nitrogen and oxygen atoms in total. The second kappa shape index (κ2) is 9.18. The first kappa shape index (κ1) is 20.9. The molecule has 4 rings (SSSR count). The Balaban J connectivity index is 1.40. The van der Waals surface area contributed by atoms with Crippen LogP contribution in [0.2, 0.25) is 5.02 Å². The van der Waals surface area contributed by atoms with Gasteiger partial charge in [-0.25, -0.2) is 4.39 Å². The van der Waals surface area contributed by atoms with Gasteiger partial charge in [0.05, 0.1) is 5.92 Å². The van der Waals surface area contributed by atoms with Gasteiger partial charge in [-0.2, -0.15) is 0 Å². The van der Waals surface area contributed by atoms with Gasteiger partial charge in [-0.05, 0) is 60.5 Å². The number of amides is 2. The number of ether oxygens (including phenoxy) is 1. The number of fused-ring (bicyclic) bond motifs is 1. The third-order valence-corrected chi connectivity index (χ3v) is 5.36. The number of benzene rings is 3. The van der Waals surface area contributed by atoms with Crippen LogP contribution in [0.5, 0.6) is 5.75 Å². The van der Waals surface area contributed by atoms with Crippen molar-refractivity contribution < 1.29 is 18.7 Å². The molecule has 0 fully saturated rings. The fourth-order valence-corrected chi connectivity index (χ4v) is 3.54. The van der Waals surface area contributed by atoms with E-state index < -0.39 is 5.92 Å². The van der Waals surface area contributed by atoms with E-state index in [0.29, 0.717) is 34.0 Å². The highest BCUT2D eigenvalue weighted by Gasteiger charge is 2.26. The summed E-state index contributed by atoms with van der Waals surface area (Å²) in [6.45, 7) is 0.360. The average Bonchev–Trinajstić information content (AvgIpc) is 2.78. The Bertz CT molecular complexity index is 1120. The molecule has 1 aliphatic rings. The van der Waals surface area contributed by atoms with Crippen LogP contribution >= 0.6 is 11.6 Å². The predicted octanol–water partition coefficient (Wildman–Crippen LogP) is 4.60. The van der Waals surface area contributed by atoms with E-state index >= 15 is 0 Å². The lowest BCUT2D eigenvalue weighted by Crippen LogP contribution is -2.37. The van der Waals surface area contributed by atoms with E-state index in [1.807, 2.05) is 0 Å². The minimum absolute atomic E-state index is 0.117. The third-order valence-electron chi connectivity index (χ3n) is 5.11. The van der Waals surface area contributed by atoms with E-state index in [9.17, 15) is 14.0 Å². The molecule has 1 atom stereocenters. The van der Waals surface area contributed by atoms with Gasteiger partial charge >= 0.3 is 0 Å². The van der Waals surface area contributed by atoms with Crippen molar-refractivity contribution in [2.24, 2.45) is 5.92 Å². The maximum Gasteiger partial charge on any atom is 0.255 e. The summed E-state index contributed by atoms with van der Waals surface area (Å²) in [5.74, 6) is -0.532. The van der Waals surface area contributed by atoms with Crippen LogP contribution in [-0.2, 0) is 17.8 Å². The van der Waals surface area contributed by atoms with E-state index in [0.717, 1.165) is 5.56 Å². The Morgan fingerprint density at radius 3 is 2.61 bits per heavy atom. The van der Waals surface area contributed by atoms with Crippen LogP contribution in [0.3, 0.4) is 0 Å². The minimum atomic E-state index is -0.401. The van der Waals surface area contributed by atoms with Crippen LogP contribution in [-0.4, -0.2) is 18.4 Å². The molecule has 0 radical (unpaired) electrons. The summed E-state index contributed by atoms with van der Waals surface area (Å²) < 4.78 is 19.5. The van der Waals surface area contributed by atoms with Crippen molar-refractivity contribution in [3.63, 3.8) is 0 Å². The topological polar surface area (TPSA) is 67.4 Å². The molecule has 7 heteroatoms. The molecule has 2 N–H and O–H groups in total. The van der Waals surface area contributed by atoms with Gasteiger partial charge in [-0.1, -0.05) is 29.8 Å². The van der Waals surface area contributed by atoms with E-state index in [4.69, 9.17) is 16.3 Å². The van der Waals surface area contributed by atoms with Crippen LogP contribution in [0.25, 0.3) is 0 Å². The van der Waals surface area contributed by atoms with Crippen LogP contribution in [0, 0.1) is 11.7 Å². The van der Waals surface area contributed by atoms with Gasteiger partial charge in [0.2, 0.25) is 5.91 Å². The van der Waals surface area contributed by atoms with Crippen molar-refractivity contribution in [3.8, 4) is 5.75 Å².